The highest BCUT2D eigenvalue weighted by atomic mass is 35.5. The first kappa shape index (κ1) is 14.5. The van der Waals surface area contributed by atoms with Crippen LogP contribution in [-0.2, 0) is 11.3 Å². The van der Waals surface area contributed by atoms with Crippen LogP contribution in [0, 0.1) is 5.82 Å². The zero-order valence-electron chi connectivity index (χ0n) is 10.5. The molecule has 20 heavy (non-hydrogen) atoms. The molecule has 0 heterocycles. The lowest BCUT2D eigenvalue weighted by Crippen LogP contribution is -2.28. The lowest BCUT2D eigenvalue weighted by atomic mass is 10.1. The van der Waals surface area contributed by atoms with Crippen LogP contribution < -0.4 is 5.32 Å². The third-order valence-corrected chi connectivity index (χ3v) is 3.13. The minimum absolute atomic E-state index is 0.318. The molecule has 0 spiro atoms. The van der Waals surface area contributed by atoms with Gasteiger partial charge in [-0.15, -0.1) is 0 Å². The molecule has 0 saturated heterocycles. The Bertz CT molecular complexity index is 584. The van der Waals surface area contributed by atoms with Crippen LogP contribution in [0.4, 0.5) is 4.39 Å². The molecule has 2 aromatic rings. The lowest BCUT2D eigenvalue weighted by molar-refractivity contribution is -0.139. The van der Waals surface area contributed by atoms with Crippen molar-refractivity contribution in [3.63, 3.8) is 0 Å². The fraction of sp³-hybridized carbons (Fsp3) is 0.133. The molecule has 1 atom stereocenters. The van der Waals surface area contributed by atoms with Crippen LogP contribution in [0.1, 0.15) is 17.2 Å². The summed E-state index contributed by atoms with van der Waals surface area (Å²) in [6.45, 7) is 0.333. The molecule has 2 rings (SSSR count). The molecule has 0 radical (unpaired) electrons. The predicted molar refractivity (Wildman–Crippen MR) is 75.1 cm³/mol. The van der Waals surface area contributed by atoms with Crippen molar-refractivity contribution in [3.05, 3.63) is 70.5 Å². The Labute approximate surface area is 121 Å². The third-order valence-electron chi connectivity index (χ3n) is 2.87. The third kappa shape index (κ3) is 3.79. The smallest absolute Gasteiger partial charge is 0.325 e. The maximum absolute atomic E-state index is 12.8. The van der Waals surface area contributed by atoms with E-state index in [9.17, 15) is 14.3 Å². The Hall–Kier alpha value is -1.91. The molecule has 0 amide bonds. The first-order valence-corrected chi connectivity index (χ1v) is 6.40. The van der Waals surface area contributed by atoms with Crippen LogP contribution in [0.3, 0.4) is 0 Å². The van der Waals surface area contributed by atoms with E-state index in [-0.39, 0.29) is 5.82 Å². The summed E-state index contributed by atoms with van der Waals surface area (Å²) in [6.07, 6.45) is 0. The summed E-state index contributed by atoms with van der Waals surface area (Å²) in [4.78, 5) is 11.3. The highest BCUT2D eigenvalue weighted by Crippen LogP contribution is 2.17. The zero-order chi connectivity index (χ0) is 14.5. The Morgan fingerprint density at radius 1 is 1.15 bits per heavy atom. The van der Waals surface area contributed by atoms with E-state index in [4.69, 9.17) is 11.6 Å². The molecule has 0 fully saturated rings. The van der Waals surface area contributed by atoms with Crippen molar-refractivity contribution < 1.29 is 14.3 Å². The van der Waals surface area contributed by atoms with E-state index in [1.165, 1.54) is 12.1 Å². The molecule has 104 valence electrons. The van der Waals surface area contributed by atoms with Crippen molar-refractivity contribution in [2.75, 3.05) is 0 Å². The Kier molecular flexibility index (Phi) is 4.71. The van der Waals surface area contributed by atoms with E-state index in [1.807, 2.05) is 0 Å². The second kappa shape index (κ2) is 6.50. The van der Waals surface area contributed by atoms with Gasteiger partial charge in [0.05, 0.1) is 0 Å². The van der Waals surface area contributed by atoms with Crippen molar-refractivity contribution in [2.24, 2.45) is 0 Å². The van der Waals surface area contributed by atoms with Gasteiger partial charge >= 0.3 is 5.97 Å². The van der Waals surface area contributed by atoms with Crippen LogP contribution in [0.25, 0.3) is 0 Å². The average molecular weight is 294 g/mol. The second-order valence-electron chi connectivity index (χ2n) is 4.33. The van der Waals surface area contributed by atoms with Gasteiger partial charge in [0.15, 0.2) is 0 Å². The first-order chi connectivity index (χ1) is 9.56. The fourth-order valence-corrected chi connectivity index (χ4v) is 1.95. The maximum atomic E-state index is 12.8. The molecular weight excluding hydrogens is 281 g/mol. The molecule has 1 unspecified atom stereocenters. The van der Waals surface area contributed by atoms with Crippen LogP contribution in [0.5, 0.6) is 0 Å². The molecule has 5 heteroatoms. The molecule has 0 aromatic heterocycles. The number of nitrogens with one attached hydrogen (secondary N) is 1. The van der Waals surface area contributed by atoms with E-state index in [0.717, 1.165) is 5.56 Å². The predicted octanol–water partition coefficient (Wildman–Crippen LogP) is 3.39. The van der Waals surface area contributed by atoms with E-state index < -0.39 is 12.0 Å². The summed E-state index contributed by atoms with van der Waals surface area (Å²) in [7, 11) is 0. The second-order valence-corrected chi connectivity index (χ2v) is 4.77. The number of hydrogen-bond acceptors (Lipinski definition) is 2. The Morgan fingerprint density at radius 3 is 2.30 bits per heavy atom. The first-order valence-electron chi connectivity index (χ1n) is 6.02. The molecule has 0 aliphatic heterocycles. The summed E-state index contributed by atoms with van der Waals surface area (Å²) in [5.41, 5.74) is 1.43. The molecule has 2 aromatic carbocycles. The lowest BCUT2D eigenvalue weighted by Gasteiger charge is -2.15. The van der Waals surface area contributed by atoms with Gasteiger partial charge < -0.3 is 5.11 Å². The van der Waals surface area contributed by atoms with Gasteiger partial charge in [-0.3, -0.25) is 10.1 Å². The topological polar surface area (TPSA) is 49.3 Å². The van der Waals surface area contributed by atoms with Crippen molar-refractivity contribution in [1.29, 1.82) is 0 Å². The quantitative estimate of drug-likeness (QED) is 0.888. The number of halogens is 2. The van der Waals surface area contributed by atoms with E-state index >= 15 is 0 Å². The molecule has 0 aliphatic rings. The minimum Gasteiger partial charge on any atom is -0.480 e. The van der Waals surface area contributed by atoms with Gasteiger partial charge in [-0.25, -0.2) is 4.39 Å². The molecule has 0 saturated carbocycles. The molecular formula is C15H13ClFNO2. The van der Waals surface area contributed by atoms with Gasteiger partial charge in [-0.05, 0) is 35.4 Å². The summed E-state index contributed by atoms with van der Waals surface area (Å²) >= 11 is 5.78. The number of benzene rings is 2. The van der Waals surface area contributed by atoms with E-state index in [1.54, 1.807) is 36.4 Å². The van der Waals surface area contributed by atoms with Crippen molar-refractivity contribution in [3.8, 4) is 0 Å². The highest BCUT2D eigenvalue weighted by Gasteiger charge is 2.18. The van der Waals surface area contributed by atoms with Crippen LogP contribution in [0.2, 0.25) is 5.02 Å². The van der Waals surface area contributed by atoms with E-state index in [2.05, 4.69) is 5.32 Å². The standard InChI is InChI=1S/C15H13ClFNO2/c16-12-5-3-11(4-6-12)14(15(19)20)18-9-10-1-7-13(17)8-2-10/h1-8,14,18H,9H2,(H,19,20). The molecule has 3 nitrogen and oxygen atoms in total. The largest absolute Gasteiger partial charge is 0.480 e. The number of hydrogen-bond donors (Lipinski definition) is 2. The Morgan fingerprint density at radius 2 is 1.75 bits per heavy atom. The van der Waals surface area contributed by atoms with E-state index in [0.29, 0.717) is 17.1 Å². The highest BCUT2D eigenvalue weighted by molar-refractivity contribution is 6.30. The minimum atomic E-state index is -0.977. The molecule has 0 bridgehead atoms. The van der Waals surface area contributed by atoms with Gasteiger partial charge in [0.25, 0.3) is 0 Å². The van der Waals surface area contributed by atoms with Crippen molar-refractivity contribution >= 4 is 17.6 Å². The number of aliphatic carboxylic acids is 1. The number of carbonyl (C=O) groups is 1. The van der Waals surface area contributed by atoms with Crippen LogP contribution in [-0.4, -0.2) is 11.1 Å². The van der Waals surface area contributed by atoms with Crippen molar-refractivity contribution in [2.45, 2.75) is 12.6 Å². The maximum Gasteiger partial charge on any atom is 0.325 e. The SMILES string of the molecule is O=C(O)C(NCc1ccc(F)cc1)c1ccc(Cl)cc1. The normalized spacial score (nSPS) is 12.1. The van der Waals surface area contributed by atoms with Gasteiger partial charge in [0.2, 0.25) is 0 Å². The fourth-order valence-electron chi connectivity index (χ4n) is 1.83. The van der Waals surface area contributed by atoms with Crippen LogP contribution in [0.15, 0.2) is 48.5 Å². The summed E-state index contributed by atoms with van der Waals surface area (Å²) in [5.74, 6) is -1.30. The van der Waals surface area contributed by atoms with Crippen molar-refractivity contribution in [1.82, 2.24) is 5.32 Å². The zero-order valence-corrected chi connectivity index (χ0v) is 11.3. The number of carboxylic acid groups (broad SMARTS) is 1. The summed E-state index contributed by atoms with van der Waals surface area (Å²) in [5, 5.41) is 12.7. The summed E-state index contributed by atoms with van der Waals surface area (Å²) < 4.78 is 12.8. The van der Waals surface area contributed by atoms with Gasteiger partial charge in [-0.2, -0.15) is 0 Å². The Balaban J connectivity index is 2.08. The van der Waals surface area contributed by atoms with Gasteiger partial charge in [0, 0.05) is 11.6 Å². The molecule has 0 aliphatic carbocycles. The average Bonchev–Trinajstić information content (AvgIpc) is 2.43. The number of carboxylic acids is 1. The number of rotatable bonds is 5. The summed E-state index contributed by atoms with van der Waals surface area (Å²) in [6, 6.07) is 11.7. The monoisotopic (exact) mass is 293 g/mol. The van der Waals surface area contributed by atoms with Gasteiger partial charge in [0.1, 0.15) is 11.9 Å². The molecule has 2 N–H and O–H groups in total. The van der Waals surface area contributed by atoms with Gasteiger partial charge in [-0.1, -0.05) is 35.9 Å². The van der Waals surface area contributed by atoms with Crippen LogP contribution >= 0.6 is 11.6 Å².